The fourth-order valence-electron chi connectivity index (χ4n) is 5.16. The summed E-state index contributed by atoms with van der Waals surface area (Å²) in [6, 6.07) is 4.10. The number of benzene rings is 1. The Morgan fingerprint density at radius 2 is 2.04 bits per heavy atom. The number of hydrogen-bond acceptors (Lipinski definition) is 4. The van der Waals surface area contributed by atoms with Crippen molar-refractivity contribution in [3.63, 3.8) is 0 Å². The molecule has 4 saturated heterocycles. The minimum atomic E-state index is -0.333. The number of aromatic nitrogens is 2. The molecule has 4 aliphatic heterocycles. The summed E-state index contributed by atoms with van der Waals surface area (Å²) in [4.78, 5) is 13.0. The second-order valence-corrected chi connectivity index (χ2v) is 9.52. The van der Waals surface area contributed by atoms with Crippen LogP contribution in [0.25, 0.3) is 11.0 Å². The van der Waals surface area contributed by atoms with E-state index in [9.17, 15) is 4.39 Å². The highest BCUT2D eigenvalue weighted by atomic mass is 35.5. The number of imidazole rings is 1. The monoisotopic (exact) mass is 406 g/mol. The summed E-state index contributed by atoms with van der Waals surface area (Å²) in [7, 11) is 0. The molecule has 1 aromatic carbocycles. The molecule has 5 heterocycles. The van der Waals surface area contributed by atoms with E-state index in [1.165, 1.54) is 44.4 Å². The van der Waals surface area contributed by atoms with E-state index in [1.54, 1.807) is 0 Å². The van der Waals surface area contributed by atoms with Crippen LogP contribution >= 0.6 is 11.6 Å². The molecule has 0 aliphatic carbocycles. The molecule has 2 atom stereocenters. The number of hydrogen-bond donors (Lipinski definition) is 1. The first kappa shape index (κ1) is 18.8. The van der Waals surface area contributed by atoms with Gasteiger partial charge in [-0.15, -0.1) is 0 Å². The van der Waals surface area contributed by atoms with Gasteiger partial charge in [-0.3, -0.25) is 9.80 Å². The summed E-state index contributed by atoms with van der Waals surface area (Å²) in [6.45, 7) is 8.39. The molecule has 2 bridgehead atoms. The van der Waals surface area contributed by atoms with Crippen molar-refractivity contribution in [3.8, 4) is 0 Å². The van der Waals surface area contributed by atoms with Crippen molar-refractivity contribution in [1.82, 2.24) is 19.8 Å². The highest BCUT2D eigenvalue weighted by molar-refractivity contribution is 6.34. The fourth-order valence-corrected chi connectivity index (χ4v) is 5.41. The highest BCUT2D eigenvalue weighted by Gasteiger charge is 2.44. The predicted molar refractivity (Wildman–Crippen MR) is 108 cm³/mol. The summed E-state index contributed by atoms with van der Waals surface area (Å²) in [5.74, 6) is 0.533. The van der Waals surface area contributed by atoms with Gasteiger partial charge in [0.1, 0.15) is 17.2 Å². The molecule has 152 valence electrons. The lowest BCUT2D eigenvalue weighted by atomic mass is 9.78. The number of nitrogens with one attached hydrogen (secondary N) is 1. The van der Waals surface area contributed by atoms with Gasteiger partial charge in [0.05, 0.1) is 17.1 Å². The Morgan fingerprint density at radius 1 is 1.29 bits per heavy atom. The van der Waals surface area contributed by atoms with E-state index in [0.717, 1.165) is 38.7 Å². The molecule has 6 rings (SSSR count). The summed E-state index contributed by atoms with van der Waals surface area (Å²) >= 11 is 6.13. The largest absolute Gasteiger partial charge is 0.381 e. The molecule has 1 N–H and O–H groups in total. The number of rotatable bonds is 5. The standard InChI is InChI=1S/C21H28ClFN4O/c1-21(3-6-28-7-4-21)2-5-27-15-10-16(27)12-26(11-15)13-19-24-18-9-14(23)8-17(22)20(18)25-19/h8-9,15-16H,2-7,10-13H2,1H3,(H,24,25). The van der Waals surface area contributed by atoms with Gasteiger partial charge in [0.25, 0.3) is 0 Å². The Bertz CT molecular complexity index is 853. The van der Waals surface area contributed by atoms with Crippen molar-refractivity contribution in [1.29, 1.82) is 0 Å². The molecule has 4 fully saturated rings. The Kier molecular flexibility index (Phi) is 4.86. The van der Waals surface area contributed by atoms with E-state index in [2.05, 4.69) is 26.7 Å². The van der Waals surface area contributed by atoms with Crippen LogP contribution < -0.4 is 0 Å². The van der Waals surface area contributed by atoms with Gasteiger partial charge in [-0.1, -0.05) is 18.5 Å². The van der Waals surface area contributed by atoms with Crippen molar-refractivity contribution in [2.45, 2.75) is 51.2 Å². The number of halogens is 2. The van der Waals surface area contributed by atoms with Gasteiger partial charge in [0.2, 0.25) is 0 Å². The maximum atomic E-state index is 13.5. The zero-order valence-electron chi connectivity index (χ0n) is 16.4. The van der Waals surface area contributed by atoms with Crippen LogP contribution in [0.2, 0.25) is 5.02 Å². The summed E-state index contributed by atoms with van der Waals surface area (Å²) < 4.78 is 19.1. The van der Waals surface area contributed by atoms with Crippen LogP contribution in [0, 0.1) is 11.2 Å². The Balaban J connectivity index is 1.18. The van der Waals surface area contributed by atoms with Crippen LogP contribution in [0.5, 0.6) is 0 Å². The van der Waals surface area contributed by atoms with Crippen LogP contribution in [0.15, 0.2) is 12.1 Å². The Morgan fingerprint density at radius 3 is 2.79 bits per heavy atom. The number of ether oxygens (including phenoxy) is 1. The zero-order valence-corrected chi connectivity index (χ0v) is 17.1. The third-order valence-corrected chi connectivity index (χ3v) is 7.31. The number of piperazine rings is 1. The molecule has 0 amide bonds. The van der Waals surface area contributed by atoms with Crippen molar-refractivity contribution >= 4 is 22.6 Å². The average molecular weight is 407 g/mol. The molecule has 7 heteroatoms. The summed E-state index contributed by atoms with van der Waals surface area (Å²) in [5.41, 5.74) is 1.78. The third kappa shape index (κ3) is 3.56. The van der Waals surface area contributed by atoms with E-state index in [0.29, 0.717) is 33.6 Å². The molecule has 28 heavy (non-hydrogen) atoms. The third-order valence-electron chi connectivity index (χ3n) is 7.02. The van der Waals surface area contributed by atoms with Gasteiger partial charge in [0.15, 0.2) is 0 Å². The van der Waals surface area contributed by atoms with Gasteiger partial charge in [-0.2, -0.15) is 0 Å². The van der Waals surface area contributed by atoms with E-state index in [-0.39, 0.29) is 5.82 Å². The smallest absolute Gasteiger partial charge is 0.126 e. The molecule has 0 saturated carbocycles. The van der Waals surface area contributed by atoms with Gasteiger partial charge >= 0.3 is 0 Å². The minimum absolute atomic E-state index is 0.333. The first-order chi connectivity index (χ1) is 13.5. The molecule has 0 radical (unpaired) electrons. The molecule has 4 aliphatic rings. The first-order valence-electron chi connectivity index (χ1n) is 10.4. The van der Waals surface area contributed by atoms with E-state index in [4.69, 9.17) is 16.3 Å². The van der Waals surface area contributed by atoms with E-state index < -0.39 is 0 Å². The zero-order chi connectivity index (χ0) is 19.3. The lowest BCUT2D eigenvalue weighted by molar-refractivity contribution is -0.0818. The highest BCUT2D eigenvalue weighted by Crippen LogP contribution is 2.38. The van der Waals surface area contributed by atoms with Crippen LogP contribution in [-0.2, 0) is 11.3 Å². The summed E-state index contributed by atoms with van der Waals surface area (Å²) in [6.07, 6.45) is 4.97. The van der Waals surface area contributed by atoms with E-state index >= 15 is 0 Å². The van der Waals surface area contributed by atoms with Crippen LogP contribution in [0.3, 0.4) is 0 Å². The predicted octanol–water partition coefficient (Wildman–Crippen LogP) is 3.82. The molecule has 5 nitrogen and oxygen atoms in total. The van der Waals surface area contributed by atoms with Gasteiger partial charge < -0.3 is 9.72 Å². The molecular formula is C21H28ClFN4O. The number of H-pyrrole nitrogens is 1. The van der Waals surface area contributed by atoms with Crippen molar-refractivity contribution in [2.24, 2.45) is 5.41 Å². The van der Waals surface area contributed by atoms with Crippen LogP contribution in [0.1, 0.15) is 38.4 Å². The van der Waals surface area contributed by atoms with Gasteiger partial charge in [0, 0.05) is 38.4 Å². The second-order valence-electron chi connectivity index (χ2n) is 9.12. The van der Waals surface area contributed by atoms with Crippen molar-refractivity contribution in [3.05, 3.63) is 28.8 Å². The number of piperidine rings is 1. The number of aromatic amines is 1. The van der Waals surface area contributed by atoms with Crippen LogP contribution in [0.4, 0.5) is 4.39 Å². The fraction of sp³-hybridized carbons (Fsp3) is 0.667. The lowest BCUT2D eigenvalue weighted by Gasteiger charge is -2.57. The van der Waals surface area contributed by atoms with E-state index in [1.807, 2.05) is 0 Å². The average Bonchev–Trinajstić information content (AvgIpc) is 3.05. The number of fused-ring (bicyclic) bond motifs is 3. The van der Waals surface area contributed by atoms with Gasteiger partial charge in [-0.25, -0.2) is 9.37 Å². The quantitative estimate of drug-likeness (QED) is 0.819. The second kappa shape index (κ2) is 7.24. The molecule has 0 spiro atoms. The number of nitrogens with zero attached hydrogens (tertiary/aromatic N) is 3. The molecule has 1 aromatic heterocycles. The SMILES string of the molecule is CC1(CCN2C3CC2CN(Cc2nc4c(Cl)cc(F)cc4[nH]2)C3)CCOCC1. The molecule has 2 aromatic rings. The maximum absolute atomic E-state index is 13.5. The normalized spacial score (nSPS) is 27.8. The first-order valence-corrected chi connectivity index (χ1v) is 10.8. The summed E-state index contributed by atoms with van der Waals surface area (Å²) in [5, 5.41) is 0.367. The van der Waals surface area contributed by atoms with Crippen molar-refractivity contribution in [2.75, 3.05) is 32.8 Å². The molecule has 2 unspecified atom stereocenters. The topological polar surface area (TPSA) is 44.4 Å². The van der Waals surface area contributed by atoms with Crippen LogP contribution in [-0.4, -0.2) is 64.7 Å². The maximum Gasteiger partial charge on any atom is 0.126 e. The Labute approximate surface area is 170 Å². The Hall–Kier alpha value is -1.21. The minimum Gasteiger partial charge on any atom is -0.381 e. The lowest BCUT2D eigenvalue weighted by Crippen LogP contribution is -2.68. The molecular weight excluding hydrogens is 379 g/mol. The van der Waals surface area contributed by atoms with Crippen molar-refractivity contribution < 1.29 is 9.13 Å². The van der Waals surface area contributed by atoms with Gasteiger partial charge in [-0.05, 0) is 49.8 Å².